The Hall–Kier alpha value is -1.20. The van der Waals surface area contributed by atoms with Crippen molar-refractivity contribution in [3.05, 3.63) is 39.0 Å². The van der Waals surface area contributed by atoms with Gasteiger partial charge in [-0.2, -0.15) is 0 Å². The summed E-state index contributed by atoms with van der Waals surface area (Å²) in [5, 5.41) is 5.46. The van der Waals surface area contributed by atoms with Crippen molar-refractivity contribution in [2.24, 2.45) is 0 Å². The fraction of sp³-hybridized carbons (Fsp3) is 0.231. The van der Waals surface area contributed by atoms with Crippen molar-refractivity contribution in [2.75, 3.05) is 18.5 Å². The van der Waals surface area contributed by atoms with Gasteiger partial charge in [-0.05, 0) is 39.5 Å². The Kier molecular flexibility index (Phi) is 3.43. The van der Waals surface area contributed by atoms with Crippen LogP contribution in [0.15, 0.2) is 34.1 Å². The summed E-state index contributed by atoms with van der Waals surface area (Å²) in [6.45, 7) is 2.05. The summed E-state index contributed by atoms with van der Waals surface area (Å²) in [7, 11) is 0. The highest BCUT2D eigenvalue weighted by Gasteiger charge is 2.11. The topological polar surface area (TPSA) is 30.5 Å². The zero-order chi connectivity index (χ0) is 12.4. The van der Waals surface area contributed by atoms with Gasteiger partial charge >= 0.3 is 0 Å². The Morgan fingerprint density at radius 3 is 2.78 bits per heavy atom. The first-order chi connectivity index (χ1) is 8.83. The second-order valence-electron chi connectivity index (χ2n) is 3.90. The third kappa shape index (κ3) is 2.47. The van der Waals surface area contributed by atoms with Crippen molar-refractivity contribution < 1.29 is 9.47 Å². The third-order valence-corrected chi connectivity index (χ3v) is 4.61. The van der Waals surface area contributed by atoms with Gasteiger partial charge in [0.1, 0.15) is 13.2 Å². The van der Waals surface area contributed by atoms with E-state index in [1.807, 2.05) is 18.2 Å². The van der Waals surface area contributed by atoms with E-state index in [1.54, 1.807) is 11.3 Å². The smallest absolute Gasteiger partial charge is 0.163 e. The predicted octanol–water partition coefficient (Wildman–Crippen LogP) is 3.89. The van der Waals surface area contributed by atoms with E-state index in [1.165, 1.54) is 4.88 Å². The molecule has 5 heteroatoms. The van der Waals surface area contributed by atoms with Crippen molar-refractivity contribution in [3.63, 3.8) is 0 Å². The second kappa shape index (κ2) is 5.20. The Labute approximate surface area is 118 Å². The highest BCUT2D eigenvalue weighted by molar-refractivity contribution is 9.10. The van der Waals surface area contributed by atoms with Gasteiger partial charge in [-0.1, -0.05) is 0 Å². The summed E-state index contributed by atoms with van der Waals surface area (Å²) in [5.74, 6) is 1.64. The van der Waals surface area contributed by atoms with Crippen LogP contribution in [0.2, 0.25) is 0 Å². The number of thiophene rings is 1. The summed E-state index contributed by atoms with van der Waals surface area (Å²) < 4.78 is 12.2. The van der Waals surface area contributed by atoms with Gasteiger partial charge in [0.15, 0.2) is 11.5 Å². The van der Waals surface area contributed by atoms with Gasteiger partial charge in [0.25, 0.3) is 0 Å². The van der Waals surface area contributed by atoms with E-state index in [9.17, 15) is 0 Å². The summed E-state index contributed by atoms with van der Waals surface area (Å²) in [6.07, 6.45) is 0. The molecule has 0 spiro atoms. The molecule has 18 heavy (non-hydrogen) atoms. The molecule has 1 aromatic carbocycles. The number of rotatable bonds is 3. The van der Waals surface area contributed by atoms with Gasteiger partial charge in [-0.3, -0.25) is 0 Å². The van der Waals surface area contributed by atoms with Gasteiger partial charge in [-0.15, -0.1) is 11.3 Å². The molecule has 2 heterocycles. The molecule has 94 valence electrons. The molecule has 0 aliphatic carbocycles. The lowest BCUT2D eigenvalue weighted by molar-refractivity contribution is 0.171. The van der Waals surface area contributed by atoms with Crippen LogP contribution in [0.5, 0.6) is 11.5 Å². The molecular weight excluding hydrogens is 314 g/mol. The maximum atomic E-state index is 5.55. The number of hydrogen-bond donors (Lipinski definition) is 1. The van der Waals surface area contributed by atoms with Crippen LogP contribution < -0.4 is 14.8 Å². The van der Waals surface area contributed by atoms with Crippen molar-refractivity contribution in [1.29, 1.82) is 0 Å². The first-order valence-electron chi connectivity index (χ1n) is 5.68. The molecule has 1 aliphatic rings. The van der Waals surface area contributed by atoms with E-state index in [-0.39, 0.29) is 0 Å². The summed E-state index contributed by atoms with van der Waals surface area (Å²) in [6, 6.07) is 8.00. The van der Waals surface area contributed by atoms with Crippen LogP contribution in [-0.4, -0.2) is 13.2 Å². The standard InChI is InChI=1S/C13H12BrNO2S/c14-10-3-6-18-13(10)8-15-9-1-2-11-12(7-9)17-5-4-16-11/h1-3,6-7,15H,4-5,8H2. The minimum Gasteiger partial charge on any atom is -0.486 e. The molecule has 0 bridgehead atoms. The predicted molar refractivity (Wildman–Crippen MR) is 76.8 cm³/mol. The van der Waals surface area contributed by atoms with Crippen LogP contribution in [0, 0.1) is 0 Å². The molecule has 0 fully saturated rings. The van der Waals surface area contributed by atoms with E-state index < -0.39 is 0 Å². The molecule has 1 aliphatic heterocycles. The number of benzene rings is 1. The molecule has 1 N–H and O–H groups in total. The fourth-order valence-electron chi connectivity index (χ4n) is 1.79. The van der Waals surface area contributed by atoms with Gasteiger partial charge in [0, 0.05) is 21.1 Å². The van der Waals surface area contributed by atoms with Gasteiger partial charge in [0.2, 0.25) is 0 Å². The van der Waals surface area contributed by atoms with E-state index in [0.29, 0.717) is 13.2 Å². The van der Waals surface area contributed by atoms with Crippen molar-refractivity contribution >= 4 is 33.0 Å². The van der Waals surface area contributed by atoms with E-state index in [2.05, 4.69) is 32.7 Å². The average molecular weight is 326 g/mol. The molecule has 1 aromatic heterocycles. The maximum absolute atomic E-state index is 5.55. The molecule has 0 saturated heterocycles. The SMILES string of the molecule is Brc1ccsc1CNc1ccc2c(c1)OCCO2. The Bertz CT molecular complexity index is 556. The van der Waals surface area contributed by atoms with Crippen LogP contribution in [0.1, 0.15) is 4.88 Å². The molecule has 3 nitrogen and oxygen atoms in total. The van der Waals surface area contributed by atoms with Crippen LogP contribution >= 0.6 is 27.3 Å². The molecule has 0 amide bonds. The number of nitrogens with one attached hydrogen (secondary N) is 1. The number of anilines is 1. The minimum absolute atomic E-state index is 0.618. The third-order valence-electron chi connectivity index (χ3n) is 2.69. The normalized spacial score (nSPS) is 13.4. The molecule has 0 saturated carbocycles. The molecule has 0 radical (unpaired) electrons. The average Bonchev–Trinajstić information content (AvgIpc) is 2.82. The minimum atomic E-state index is 0.618. The van der Waals surface area contributed by atoms with Crippen molar-refractivity contribution in [3.8, 4) is 11.5 Å². The largest absolute Gasteiger partial charge is 0.486 e. The fourth-order valence-corrected chi connectivity index (χ4v) is 3.22. The molecule has 0 atom stereocenters. The lowest BCUT2D eigenvalue weighted by atomic mass is 10.2. The lowest BCUT2D eigenvalue weighted by Crippen LogP contribution is -2.15. The van der Waals surface area contributed by atoms with Crippen molar-refractivity contribution in [1.82, 2.24) is 0 Å². The number of halogens is 1. The zero-order valence-electron chi connectivity index (χ0n) is 9.61. The van der Waals surface area contributed by atoms with E-state index >= 15 is 0 Å². The maximum Gasteiger partial charge on any atom is 0.163 e. The second-order valence-corrected chi connectivity index (χ2v) is 5.76. The van der Waals surface area contributed by atoms with Gasteiger partial charge < -0.3 is 14.8 Å². The number of fused-ring (bicyclic) bond motifs is 1. The quantitative estimate of drug-likeness (QED) is 0.928. The zero-order valence-corrected chi connectivity index (χ0v) is 12.0. The molecule has 3 rings (SSSR count). The van der Waals surface area contributed by atoms with Crippen LogP contribution in [0.3, 0.4) is 0 Å². The van der Waals surface area contributed by atoms with Gasteiger partial charge in [0.05, 0.1) is 6.54 Å². The highest BCUT2D eigenvalue weighted by Crippen LogP contribution is 2.33. The molecular formula is C13H12BrNO2S. The van der Waals surface area contributed by atoms with E-state index in [0.717, 1.165) is 28.2 Å². The van der Waals surface area contributed by atoms with E-state index in [4.69, 9.17) is 9.47 Å². The number of ether oxygens (including phenoxy) is 2. The van der Waals surface area contributed by atoms with Gasteiger partial charge in [-0.25, -0.2) is 0 Å². The molecule has 2 aromatic rings. The first-order valence-corrected chi connectivity index (χ1v) is 7.35. The molecule has 0 unspecified atom stereocenters. The first kappa shape index (κ1) is 11.9. The lowest BCUT2D eigenvalue weighted by Gasteiger charge is -2.19. The Morgan fingerprint density at radius 2 is 2.00 bits per heavy atom. The monoisotopic (exact) mass is 325 g/mol. The summed E-state index contributed by atoms with van der Waals surface area (Å²) in [4.78, 5) is 1.28. The highest BCUT2D eigenvalue weighted by atomic mass is 79.9. The van der Waals surface area contributed by atoms with Crippen LogP contribution in [0.4, 0.5) is 5.69 Å². The van der Waals surface area contributed by atoms with Crippen molar-refractivity contribution in [2.45, 2.75) is 6.54 Å². The van der Waals surface area contributed by atoms with Crippen LogP contribution in [0.25, 0.3) is 0 Å². The summed E-state index contributed by atoms with van der Waals surface area (Å²) in [5.41, 5.74) is 1.04. The Morgan fingerprint density at radius 1 is 1.17 bits per heavy atom. The van der Waals surface area contributed by atoms with Crippen LogP contribution in [-0.2, 0) is 6.54 Å². The Balaban J connectivity index is 1.71. The number of hydrogen-bond acceptors (Lipinski definition) is 4. The summed E-state index contributed by atoms with van der Waals surface area (Å²) >= 11 is 5.26.